The van der Waals surface area contributed by atoms with Gasteiger partial charge in [-0.25, -0.2) is 4.98 Å². The molecule has 0 fully saturated rings. The van der Waals surface area contributed by atoms with Crippen LogP contribution in [0.4, 0.5) is 0 Å². The van der Waals surface area contributed by atoms with Crippen molar-refractivity contribution in [3.8, 4) is 73.7 Å². The Hall–Kier alpha value is -7.73. The zero-order valence-corrected chi connectivity index (χ0v) is 47.4. The number of hydrogen-bond donors (Lipinski definition) is 0. The normalized spacial score (nSPS) is 12.0. The van der Waals surface area contributed by atoms with Gasteiger partial charge in [0.25, 0.3) is 6.33 Å². The third-order valence-corrected chi connectivity index (χ3v) is 14.2. The summed E-state index contributed by atoms with van der Waals surface area (Å²) in [4.78, 5) is 10.5. The van der Waals surface area contributed by atoms with Crippen LogP contribution in [0.3, 0.4) is 0 Å². The summed E-state index contributed by atoms with van der Waals surface area (Å²) in [5.74, 6) is 2.92. The third kappa shape index (κ3) is 9.97. The molecule has 0 aliphatic rings. The molecule has 7 nitrogen and oxygen atoms in total. The molecule has 0 spiro atoms. The fourth-order valence-electron chi connectivity index (χ4n) is 10.1. The molecular formula is C68H62N6OPt-2. The van der Waals surface area contributed by atoms with E-state index in [1.54, 1.807) is 0 Å². The topological polar surface area (TPSA) is 61.6 Å². The molecule has 4 aromatic heterocycles. The van der Waals surface area contributed by atoms with Crippen LogP contribution in [-0.2, 0) is 37.3 Å². The molecule has 0 bridgehead atoms. The molecule has 0 saturated heterocycles. The van der Waals surface area contributed by atoms with E-state index in [0.717, 1.165) is 83.5 Å². The number of ether oxygens (including phenoxy) is 1. The number of benzene rings is 7. The summed E-state index contributed by atoms with van der Waals surface area (Å²) in [6.45, 7) is 24.5. The van der Waals surface area contributed by atoms with Gasteiger partial charge >= 0.3 is 0 Å². The first-order valence-corrected chi connectivity index (χ1v) is 25.9. The van der Waals surface area contributed by atoms with Crippen LogP contribution in [0.25, 0.3) is 84.0 Å². The molecule has 0 amide bonds. The molecule has 0 aliphatic carbocycles. The molecule has 0 N–H and O–H groups in total. The van der Waals surface area contributed by atoms with Gasteiger partial charge in [0, 0.05) is 44.1 Å². The fraction of sp³-hybridized carbons (Fsp3) is 0.206. The number of aromatic nitrogens is 6. The van der Waals surface area contributed by atoms with Gasteiger partial charge in [-0.2, -0.15) is 16.8 Å². The van der Waals surface area contributed by atoms with Crippen molar-refractivity contribution in [2.45, 2.75) is 92.4 Å². The molecule has 8 heteroatoms. The average Bonchev–Trinajstić information content (AvgIpc) is 4.01. The van der Waals surface area contributed by atoms with Crippen molar-refractivity contribution in [3.63, 3.8) is 0 Å². The van der Waals surface area contributed by atoms with Crippen LogP contribution in [0, 0.1) is 32.3 Å². The van der Waals surface area contributed by atoms with Crippen molar-refractivity contribution < 1.29 is 30.5 Å². The predicted octanol–water partition coefficient (Wildman–Crippen LogP) is 16.4. The molecule has 76 heavy (non-hydrogen) atoms. The quantitative estimate of drug-likeness (QED) is 0.107. The van der Waals surface area contributed by atoms with Crippen molar-refractivity contribution in [3.05, 3.63) is 222 Å². The van der Waals surface area contributed by atoms with Crippen LogP contribution < -0.4 is 9.42 Å². The van der Waals surface area contributed by atoms with Gasteiger partial charge in [0.1, 0.15) is 5.82 Å². The van der Waals surface area contributed by atoms with Crippen molar-refractivity contribution in [2.75, 3.05) is 0 Å². The number of pyridine rings is 2. The molecule has 0 aliphatic heterocycles. The van der Waals surface area contributed by atoms with E-state index in [1.807, 2.05) is 27.6 Å². The number of nitrogens with zero attached hydrogens (tertiary/aromatic N) is 6. The van der Waals surface area contributed by atoms with Crippen LogP contribution in [0.2, 0.25) is 0 Å². The van der Waals surface area contributed by atoms with Gasteiger partial charge in [-0.3, -0.25) is 9.55 Å². The second-order valence-corrected chi connectivity index (χ2v) is 22.8. The minimum Gasteiger partial charge on any atom is -0.522 e. The molecule has 11 aromatic rings. The zero-order valence-electron chi connectivity index (χ0n) is 45.2. The number of hydrogen-bond acceptors (Lipinski definition) is 4. The SMILES string of the molecule is Cc1cccc(C)c1-c1cc(Oc2[c-]c3c(cc2)c2ccccc2n3-c2cc(C(C)(C)C)ccn2)[c-]c(-n2[c-][n+](-c3cc(C(C)(C)C)cc(C(C)(C)C)c3)nc2-c2c(-c3ccccc3)cccc2-c2ccccc2)n1.[Pt]. The fourth-order valence-corrected chi connectivity index (χ4v) is 10.1. The first kappa shape index (κ1) is 51.7. The molecule has 0 radical (unpaired) electrons. The van der Waals surface area contributed by atoms with Gasteiger partial charge in [0.05, 0.1) is 11.5 Å². The standard InChI is InChI=1S/C68H62N6O.Pt/c1-44-22-20-23-45(2)63(44)58-40-53(75-52-32-33-57-56-28-18-19-31-59(56)74(60(57)41-52)61-39-48(34-35-69-61)66(3,4)5)42-62(70-58)72-43-73(51-37-49(67(6,7)8)36-50(38-51)68(9,10)11)71-65(72)64-54(46-24-14-12-15-25-46)29-21-30-55(64)47-26-16-13-17-27-47;/h12-40H,1-11H3;/q-2;. The average molecular weight is 1170 g/mol. The monoisotopic (exact) mass is 1170 g/mol. The van der Waals surface area contributed by atoms with Crippen molar-refractivity contribution in [2.24, 2.45) is 0 Å². The van der Waals surface area contributed by atoms with Crippen molar-refractivity contribution >= 4 is 21.8 Å². The molecule has 11 rings (SSSR count). The summed E-state index contributed by atoms with van der Waals surface area (Å²) in [6.07, 6.45) is 5.66. The molecule has 0 atom stereocenters. The molecule has 0 unspecified atom stereocenters. The van der Waals surface area contributed by atoms with E-state index in [2.05, 4.69) is 257 Å². The van der Waals surface area contributed by atoms with Gasteiger partial charge < -0.3 is 9.30 Å². The van der Waals surface area contributed by atoms with E-state index in [0.29, 0.717) is 23.1 Å². The number of fused-ring (bicyclic) bond motifs is 3. The Morgan fingerprint density at radius 2 is 1.12 bits per heavy atom. The smallest absolute Gasteiger partial charge is 0.273 e. The van der Waals surface area contributed by atoms with Crippen molar-refractivity contribution in [1.29, 1.82) is 0 Å². The van der Waals surface area contributed by atoms with Gasteiger partial charge in [-0.15, -0.1) is 28.7 Å². The number of para-hydroxylation sites is 1. The van der Waals surface area contributed by atoms with Crippen LogP contribution in [0.15, 0.2) is 176 Å². The Kier molecular flexibility index (Phi) is 13.7. The summed E-state index contributed by atoms with van der Waals surface area (Å²) in [5.41, 5.74) is 15.1. The maximum Gasteiger partial charge on any atom is 0.273 e. The van der Waals surface area contributed by atoms with E-state index in [-0.39, 0.29) is 37.3 Å². The Labute approximate surface area is 462 Å². The summed E-state index contributed by atoms with van der Waals surface area (Å²) in [6, 6.07) is 66.9. The molecule has 0 saturated carbocycles. The van der Waals surface area contributed by atoms with E-state index in [9.17, 15) is 0 Å². The summed E-state index contributed by atoms with van der Waals surface area (Å²) in [5, 5.41) is 7.78. The van der Waals surface area contributed by atoms with Crippen molar-refractivity contribution in [1.82, 2.24) is 24.2 Å². The zero-order chi connectivity index (χ0) is 52.4. The van der Waals surface area contributed by atoms with Crippen LogP contribution in [0.1, 0.15) is 90.1 Å². The summed E-state index contributed by atoms with van der Waals surface area (Å²) in [7, 11) is 0. The predicted molar refractivity (Wildman–Crippen MR) is 305 cm³/mol. The third-order valence-electron chi connectivity index (χ3n) is 14.2. The Balaban J connectivity index is 0.00000657. The Morgan fingerprint density at radius 3 is 1.74 bits per heavy atom. The minimum atomic E-state index is -0.134. The first-order chi connectivity index (χ1) is 35.9. The second kappa shape index (κ2) is 20.1. The van der Waals surface area contributed by atoms with Crippen LogP contribution >= 0.6 is 0 Å². The Morgan fingerprint density at radius 1 is 0.526 bits per heavy atom. The maximum absolute atomic E-state index is 7.05. The summed E-state index contributed by atoms with van der Waals surface area (Å²) >= 11 is 0. The van der Waals surface area contributed by atoms with Gasteiger partial charge in [0.15, 0.2) is 5.82 Å². The van der Waals surface area contributed by atoms with Gasteiger partial charge in [-0.1, -0.05) is 201 Å². The van der Waals surface area contributed by atoms with Crippen LogP contribution in [0.5, 0.6) is 11.5 Å². The maximum atomic E-state index is 7.05. The molecular weight excluding hydrogens is 1110 g/mol. The molecule has 7 aromatic carbocycles. The first-order valence-electron chi connectivity index (χ1n) is 25.9. The summed E-state index contributed by atoms with van der Waals surface area (Å²) < 4.78 is 13.1. The number of aryl methyl sites for hydroxylation is 2. The molecule has 4 heterocycles. The van der Waals surface area contributed by atoms with E-state index < -0.39 is 0 Å². The van der Waals surface area contributed by atoms with E-state index in [4.69, 9.17) is 19.8 Å². The van der Waals surface area contributed by atoms with Gasteiger partial charge in [0.2, 0.25) is 0 Å². The molecule has 382 valence electrons. The van der Waals surface area contributed by atoms with E-state index >= 15 is 0 Å². The van der Waals surface area contributed by atoms with E-state index in [1.165, 1.54) is 16.7 Å². The number of rotatable bonds is 9. The van der Waals surface area contributed by atoms with Crippen LogP contribution in [-0.4, -0.2) is 24.2 Å². The second-order valence-electron chi connectivity index (χ2n) is 22.8. The minimum absolute atomic E-state index is 0. The largest absolute Gasteiger partial charge is 0.522 e. The Bertz CT molecular complexity index is 3830. The van der Waals surface area contributed by atoms with Gasteiger partial charge in [-0.05, 0) is 121 Å².